The van der Waals surface area contributed by atoms with Crippen molar-refractivity contribution < 1.29 is 14.2 Å². The van der Waals surface area contributed by atoms with Gasteiger partial charge in [-0.15, -0.1) is 24.0 Å². The van der Waals surface area contributed by atoms with Gasteiger partial charge in [-0.1, -0.05) is 12.1 Å². The molecule has 0 spiro atoms. The van der Waals surface area contributed by atoms with E-state index in [1.54, 1.807) is 7.11 Å². The number of methoxy groups -OCH3 is 1. The summed E-state index contributed by atoms with van der Waals surface area (Å²) >= 11 is 0. The van der Waals surface area contributed by atoms with Crippen molar-refractivity contribution in [2.75, 3.05) is 53.0 Å². The molecule has 184 valence electrons. The Hall–Kier alpha value is -1.10. The SMILES string of the molecule is CCNC(=NCc1ccc(C)cc1OCCCOC)NCCCN1CC(C)OC(C)C1.I. The Morgan fingerprint density at radius 3 is 2.59 bits per heavy atom. The molecule has 1 heterocycles. The minimum Gasteiger partial charge on any atom is -0.493 e. The van der Waals surface area contributed by atoms with E-state index in [9.17, 15) is 0 Å². The van der Waals surface area contributed by atoms with Gasteiger partial charge in [-0.3, -0.25) is 4.90 Å². The number of aryl methyl sites for hydroxylation is 1. The van der Waals surface area contributed by atoms with E-state index in [2.05, 4.69) is 61.4 Å². The molecular formula is C24H43IN4O3. The molecule has 2 atom stereocenters. The molecule has 1 fully saturated rings. The van der Waals surface area contributed by atoms with Gasteiger partial charge in [0.05, 0.1) is 25.4 Å². The van der Waals surface area contributed by atoms with E-state index < -0.39 is 0 Å². The van der Waals surface area contributed by atoms with Gasteiger partial charge in [0.2, 0.25) is 0 Å². The minimum atomic E-state index is 0. The van der Waals surface area contributed by atoms with Gasteiger partial charge in [-0.25, -0.2) is 4.99 Å². The van der Waals surface area contributed by atoms with Gasteiger partial charge in [-0.2, -0.15) is 0 Å². The summed E-state index contributed by atoms with van der Waals surface area (Å²) in [5, 5.41) is 6.81. The van der Waals surface area contributed by atoms with Crippen LogP contribution in [0.1, 0.15) is 44.7 Å². The van der Waals surface area contributed by atoms with Gasteiger partial charge in [0.1, 0.15) is 5.75 Å². The van der Waals surface area contributed by atoms with E-state index in [0.717, 1.165) is 62.8 Å². The third kappa shape index (κ3) is 11.2. The zero-order chi connectivity index (χ0) is 22.5. The molecule has 1 aromatic carbocycles. The van der Waals surface area contributed by atoms with E-state index in [-0.39, 0.29) is 24.0 Å². The third-order valence-electron chi connectivity index (χ3n) is 5.16. The summed E-state index contributed by atoms with van der Waals surface area (Å²) in [4.78, 5) is 7.27. The zero-order valence-electron chi connectivity index (χ0n) is 20.5. The predicted octanol–water partition coefficient (Wildman–Crippen LogP) is 3.58. The molecule has 2 unspecified atom stereocenters. The second kappa shape index (κ2) is 16.5. The number of rotatable bonds is 12. The normalized spacial score (nSPS) is 19.3. The molecule has 0 radical (unpaired) electrons. The summed E-state index contributed by atoms with van der Waals surface area (Å²) in [6.07, 6.45) is 2.58. The molecule has 0 aliphatic carbocycles. The van der Waals surface area contributed by atoms with E-state index in [0.29, 0.717) is 32.0 Å². The van der Waals surface area contributed by atoms with E-state index in [1.165, 1.54) is 5.56 Å². The Kier molecular flexibility index (Phi) is 14.9. The van der Waals surface area contributed by atoms with Crippen LogP contribution in [0.3, 0.4) is 0 Å². The van der Waals surface area contributed by atoms with Crippen LogP contribution in [0, 0.1) is 6.92 Å². The average molecular weight is 563 g/mol. The van der Waals surface area contributed by atoms with Crippen LogP contribution in [0.25, 0.3) is 0 Å². The van der Waals surface area contributed by atoms with Gasteiger partial charge in [0, 0.05) is 58.4 Å². The van der Waals surface area contributed by atoms with Crippen molar-refractivity contribution in [2.24, 2.45) is 4.99 Å². The van der Waals surface area contributed by atoms with Crippen LogP contribution in [-0.4, -0.2) is 76.1 Å². The first-order valence-corrected chi connectivity index (χ1v) is 11.6. The number of aliphatic imine (C=N–C) groups is 1. The number of guanidine groups is 1. The number of morpholine rings is 1. The average Bonchev–Trinajstić information content (AvgIpc) is 2.72. The molecule has 2 N–H and O–H groups in total. The first-order chi connectivity index (χ1) is 15.0. The van der Waals surface area contributed by atoms with Crippen LogP contribution in [0.15, 0.2) is 23.2 Å². The van der Waals surface area contributed by atoms with Crippen molar-refractivity contribution in [3.8, 4) is 5.75 Å². The molecule has 1 aromatic rings. The molecular weight excluding hydrogens is 519 g/mol. The van der Waals surface area contributed by atoms with Crippen LogP contribution < -0.4 is 15.4 Å². The lowest BCUT2D eigenvalue weighted by atomic mass is 10.1. The van der Waals surface area contributed by atoms with Gasteiger partial charge < -0.3 is 24.8 Å². The van der Waals surface area contributed by atoms with Crippen LogP contribution in [0.5, 0.6) is 5.75 Å². The standard InChI is InChI=1S/C24H42N4O3.HI/c1-6-25-24(26-11-7-12-28-17-20(3)31-21(4)18-28)27-16-22-10-9-19(2)15-23(22)30-14-8-13-29-5;/h9-10,15,20-21H,6-8,11-14,16-18H2,1-5H3,(H2,25,26,27);1H. The molecule has 1 aliphatic heterocycles. The highest BCUT2D eigenvalue weighted by atomic mass is 127. The fourth-order valence-corrected chi connectivity index (χ4v) is 3.79. The van der Waals surface area contributed by atoms with Crippen LogP contribution in [-0.2, 0) is 16.0 Å². The van der Waals surface area contributed by atoms with Gasteiger partial charge in [0.15, 0.2) is 5.96 Å². The van der Waals surface area contributed by atoms with Gasteiger partial charge >= 0.3 is 0 Å². The summed E-state index contributed by atoms with van der Waals surface area (Å²) in [6.45, 7) is 15.2. The fourth-order valence-electron chi connectivity index (χ4n) is 3.79. The second-order valence-corrected chi connectivity index (χ2v) is 8.30. The predicted molar refractivity (Wildman–Crippen MR) is 142 cm³/mol. The second-order valence-electron chi connectivity index (χ2n) is 8.30. The maximum atomic E-state index is 5.99. The Morgan fingerprint density at radius 1 is 1.16 bits per heavy atom. The molecule has 2 rings (SSSR count). The number of ether oxygens (including phenoxy) is 3. The molecule has 0 aromatic heterocycles. The lowest BCUT2D eigenvalue weighted by molar-refractivity contribution is -0.0679. The molecule has 0 amide bonds. The van der Waals surface area contributed by atoms with Crippen molar-refractivity contribution in [2.45, 2.75) is 59.3 Å². The summed E-state index contributed by atoms with van der Waals surface area (Å²) in [7, 11) is 1.71. The summed E-state index contributed by atoms with van der Waals surface area (Å²) in [5.74, 6) is 1.75. The quantitative estimate of drug-likeness (QED) is 0.176. The lowest BCUT2D eigenvalue weighted by Crippen LogP contribution is -2.46. The summed E-state index contributed by atoms with van der Waals surface area (Å²) < 4.78 is 16.9. The number of nitrogens with zero attached hydrogens (tertiary/aromatic N) is 2. The summed E-state index contributed by atoms with van der Waals surface area (Å²) in [5.41, 5.74) is 2.28. The molecule has 8 heteroatoms. The van der Waals surface area contributed by atoms with Crippen LogP contribution in [0.2, 0.25) is 0 Å². The van der Waals surface area contributed by atoms with Gasteiger partial charge in [-0.05, 0) is 45.7 Å². The largest absolute Gasteiger partial charge is 0.493 e. The Bertz CT molecular complexity index is 665. The molecule has 0 saturated carbocycles. The molecule has 7 nitrogen and oxygen atoms in total. The van der Waals surface area contributed by atoms with Crippen LogP contribution in [0.4, 0.5) is 0 Å². The fraction of sp³-hybridized carbons (Fsp3) is 0.708. The number of benzene rings is 1. The number of halogens is 1. The molecule has 0 bridgehead atoms. The van der Waals surface area contributed by atoms with Gasteiger partial charge in [0.25, 0.3) is 0 Å². The smallest absolute Gasteiger partial charge is 0.191 e. The highest BCUT2D eigenvalue weighted by molar-refractivity contribution is 14.0. The Labute approximate surface area is 211 Å². The Morgan fingerprint density at radius 2 is 1.91 bits per heavy atom. The monoisotopic (exact) mass is 562 g/mol. The molecule has 1 saturated heterocycles. The number of nitrogens with one attached hydrogen (secondary N) is 2. The Balaban J connectivity index is 0.00000512. The maximum Gasteiger partial charge on any atom is 0.191 e. The zero-order valence-corrected chi connectivity index (χ0v) is 22.8. The highest BCUT2D eigenvalue weighted by Gasteiger charge is 2.21. The maximum absolute atomic E-state index is 5.99. The highest BCUT2D eigenvalue weighted by Crippen LogP contribution is 2.21. The van der Waals surface area contributed by atoms with E-state index >= 15 is 0 Å². The third-order valence-corrected chi connectivity index (χ3v) is 5.16. The van der Waals surface area contributed by atoms with Crippen molar-refractivity contribution in [3.05, 3.63) is 29.3 Å². The van der Waals surface area contributed by atoms with Crippen molar-refractivity contribution in [1.29, 1.82) is 0 Å². The minimum absolute atomic E-state index is 0. The summed E-state index contributed by atoms with van der Waals surface area (Å²) in [6, 6.07) is 6.30. The molecule has 32 heavy (non-hydrogen) atoms. The van der Waals surface area contributed by atoms with Crippen molar-refractivity contribution in [3.63, 3.8) is 0 Å². The first kappa shape index (κ1) is 28.9. The number of hydrogen-bond donors (Lipinski definition) is 2. The lowest BCUT2D eigenvalue weighted by Gasteiger charge is -2.35. The number of hydrogen-bond acceptors (Lipinski definition) is 5. The van der Waals surface area contributed by atoms with E-state index in [4.69, 9.17) is 19.2 Å². The van der Waals surface area contributed by atoms with Crippen molar-refractivity contribution >= 4 is 29.9 Å². The van der Waals surface area contributed by atoms with Crippen LogP contribution >= 0.6 is 24.0 Å². The van der Waals surface area contributed by atoms with E-state index in [1.807, 2.05) is 0 Å². The molecule has 1 aliphatic rings. The topological polar surface area (TPSA) is 67.4 Å². The van der Waals surface area contributed by atoms with Crippen molar-refractivity contribution in [1.82, 2.24) is 15.5 Å². The first-order valence-electron chi connectivity index (χ1n) is 11.6.